The van der Waals surface area contributed by atoms with E-state index in [1.54, 1.807) is 12.1 Å². The van der Waals surface area contributed by atoms with Crippen LogP contribution in [0.3, 0.4) is 0 Å². The van der Waals surface area contributed by atoms with Crippen LogP contribution in [-0.4, -0.2) is 37.4 Å². The highest BCUT2D eigenvalue weighted by atomic mass is 32.2. The van der Waals surface area contributed by atoms with Crippen molar-refractivity contribution in [3.8, 4) is 0 Å². The number of aliphatic carboxylic acids is 1. The Balaban J connectivity index is 2.14. The first-order valence-electron chi connectivity index (χ1n) is 5.66. The molecule has 0 aromatic heterocycles. The van der Waals surface area contributed by atoms with Crippen LogP contribution < -0.4 is 0 Å². The van der Waals surface area contributed by atoms with Gasteiger partial charge in [-0.2, -0.15) is 0 Å². The molecule has 108 valence electrons. The molecule has 0 spiro atoms. The van der Waals surface area contributed by atoms with Gasteiger partial charge < -0.3 is 10.2 Å². The van der Waals surface area contributed by atoms with E-state index in [1.165, 1.54) is 18.2 Å². The van der Waals surface area contributed by atoms with Crippen LogP contribution in [0.2, 0.25) is 0 Å². The Bertz CT molecular complexity index is 664. The highest BCUT2D eigenvalue weighted by Crippen LogP contribution is 2.30. The highest BCUT2D eigenvalue weighted by molar-refractivity contribution is 8.45. The number of hydrogen-bond acceptors (Lipinski definition) is 6. The Morgan fingerprint density at radius 2 is 1.90 bits per heavy atom. The molecule has 21 heavy (non-hydrogen) atoms. The number of carbonyl (C=O) groups is 3. The Kier molecular flexibility index (Phi) is 4.81. The van der Waals surface area contributed by atoms with E-state index in [4.69, 9.17) is 10.2 Å². The molecule has 0 radical (unpaired) electrons. The number of aliphatic imine (C=N–C) groups is 1. The molecule has 2 N–H and O–H groups in total. The molecule has 1 aliphatic rings. The number of aromatic carboxylic acids is 1. The van der Waals surface area contributed by atoms with Gasteiger partial charge in [0.1, 0.15) is 10.1 Å². The van der Waals surface area contributed by atoms with Crippen LogP contribution in [0.1, 0.15) is 15.9 Å². The predicted molar refractivity (Wildman–Crippen MR) is 81.5 cm³/mol. The molecule has 6 nitrogen and oxygen atoms in total. The summed E-state index contributed by atoms with van der Waals surface area (Å²) in [5, 5.41) is 17.1. The van der Waals surface area contributed by atoms with Gasteiger partial charge in [0.15, 0.2) is 0 Å². The topological polar surface area (TPSA) is 104 Å². The van der Waals surface area contributed by atoms with Crippen molar-refractivity contribution in [2.24, 2.45) is 4.99 Å². The summed E-state index contributed by atoms with van der Waals surface area (Å²) in [4.78, 5) is 37.0. The molecule has 0 saturated heterocycles. The summed E-state index contributed by atoms with van der Waals surface area (Å²) in [6.07, 6.45) is 1.54. The largest absolute Gasteiger partial charge is 0.481 e. The minimum absolute atomic E-state index is 0.153. The third-order valence-electron chi connectivity index (χ3n) is 2.38. The van der Waals surface area contributed by atoms with Crippen molar-refractivity contribution in [2.75, 3.05) is 5.75 Å². The van der Waals surface area contributed by atoms with Gasteiger partial charge in [-0.1, -0.05) is 23.9 Å². The van der Waals surface area contributed by atoms with E-state index >= 15 is 0 Å². The molecule has 0 aliphatic carbocycles. The van der Waals surface area contributed by atoms with Crippen LogP contribution in [0.4, 0.5) is 0 Å². The zero-order chi connectivity index (χ0) is 15.4. The molecule has 0 fully saturated rings. The lowest BCUT2D eigenvalue weighted by molar-refractivity contribution is -0.133. The molecular weight excluding hydrogens is 314 g/mol. The third kappa shape index (κ3) is 4.20. The van der Waals surface area contributed by atoms with Gasteiger partial charge >= 0.3 is 11.9 Å². The number of carboxylic acids is 2. The fourth-order valence-corrected chi connectivity index (χ4v) is 3.02. The Hall–Kier alpha value is -2.06. The molecule has 0 bridgehead atoms. The smallest absolute Gasteiger partial charge is 0.335 e. The first-order chi connectivity index (χ1) is 9.95. The van der Waals surface area contributed by atoms with Crippen molar-refractivity contribution in [1.82, 2.24) is 0 Å². The molecule has 1 aromatic rings. The average Bonchev–Trinajstić information content (AvgIpc) is 2.78. The summed E-state index contributed by atoms with van der Waals surface area (Å²) in [6.45, 7) is 0. The van der Waals surface area contributed by atoms with Gasteiger partial charge in [0.25, 0.3) is 0 Å². The summed E-state index contributed by atoms with van der Waals surface area (Å²) >= 11 is 1.88. The quantitative estimate of drug-likeness (QED) is 0.818. The molecule has 0 saturated carbocycles. The van der Waals surface area contributed by atoms with Crippen LogP contribution in [0.25, 0.3) is 6.08 Å². The Morgan fingerprint density at radius 1 is 1.24 bits per heavy atom. The Labute approximate surface area is 128 Å². The maximum atomic E-state index is 11.7. The molecule has 1 aromatic carbocycles. The van der Waals surface area contributed by atoms with Gasteiger partial charge in [0, 0.05) is 0 Å². The van der Waals surface area contributed by atoms with Crippen LogP contribution >= 0.6 is 23.5 Å². The molecule has 1 aliphatic heterocycles. The second-order valence-electron chi connectivity index (χ2n) is 3.91. The van der Waals surface area contributed by atoms with Crippen molar-refractivity contribution < 1.29 is 24.6 Å². The second-order valence-corrected chi connectivity index (χ2v) is 6.09. The summed E-state index contributed by atoms with van der Waals surface area (Å²) in [5.74, 6) is -2.15. The van der Waals surface area contributed by atoms with E-state index in [-0.39, 0.29) is 22.1 Å². The lowest BCUT2D eigenvalue weighted by Gasteiger charge is -1.96. The first-order valence-corrected chi connectivity index (χ1v) is 7.46. The van der Waals surface area contributed by atoms with E-state index in [0.717, 1.165) is 23.5 Å². The minimum Gasteiger partial charge on any atom is -0.481 e. The number of nitrogens with zero attached hydrogens (tertiary/aromatic N) is 1. The fraction of sp³-hybridized carbons (Fsp3) is 0.0769. The van der Waals surface area contributed by atoms with E-state index in [1.807, 2.05) is 0 Å². The van der Waals surface area contributed by atoms with Gasteiger partial charge in [-0.25, -0.2) is 9.79 Å². The van der Waals surface area contributed by atoms with E-state index in [9.17, 15) is 14.4 Å². The van der Waals surface area contributed by atoms with Gasteiger partial charge in [0.2, 0.25) is 5.12 Å². The van der Waals surface area contributed by atoms with Crippen molar-refractivity contribution in [3.63, 3.8) is 0 Å². The minimum atomic E-state index is -1.02. The monoisotopic (exact) mass is 323 g/mol. The number of carbonyl (C=O) groups excluding carboxylic acids is 1. The number of thioether (sulfide) groups is 2. The van der Waals surface area contributed by atoms with Crippen molar-refractivity contribution in [1.29, 1.82) is 0 Å². The zero-order valence-corrected chi connectivity index (χ0v) is 12.1. The first kappa shape index (κ1) is 15.3. The maximum Gasteiger partial charge on any atom is 0.335 e. The summed E-state index contributed by atoms with van der Waals surface area (Å²) in [7, 11) is 0. The molecule has 0 atom stereocenters. The van der Waals surface area contributed by atoms with Gasteiger partial charge in [-0.3, -0.25) is 9.59 Å². The SMILES string of the molecule is O=C(O)CSC1=NC(=Cc2ccc(C(=O)O)cc2)C(=O)S1. The molecule has 1 heterocycles. The summed E-state index contributed by atoms with van der Waals surface area (Å²) < 4.78 is 0.399. The van der Waals surface area contributed by atoms with Crippen LogP contribution in [0.5, 0.6) is 0 Å². The summed E-state index contributed by atoms with van der Waals surface area (Å²) in [6, 6.07) is 6.02. The van der Waals surface area contributed by atoms with Crippen LogP contribution in [0.15, 0.2) is 35.0 Å². The standard InChI is InChI=1S/C13H9NO5S2/c15-10(16)6-20-13-14-9(12(19)21-13)5-7-1-3-8(4-2-7)11(17)18/h1-5H,6H2,(H,15,16)(H,17,18). The fourth-order valence-electron chi connectivity index (χ4n) is 1.45. The van der Waals surface area contributed by atoms with Gasteiger partial charge in [0.05, 0.1) is 11.3 Å². The number of hydrogen-bond donors (Lipinski definition) is 2. The van der Waals surface area contributed by atoms with Crippen LogP contribution in [-0.2, 0) is 9.59 Å². The molecular formula is C13H9NO5S2. The average molecular weight is 323 g/mol. The second kappa shape index (κ2) is 6.59. The molecule has 0 amide bonds. The van der Waals surface area contributed by atoms with Gasteiger partial charge in [-0.15, -0.1) is 0 Å². The zero-order valence-electron chi connectivity index (χ0n) is 10.5. The normalized spacial score (nSPS) is 16.1. The van der Waals surface area contributed by atoms with Crippen molar-refractivity contribution >= 4 is 51.0 Å². The lowest BCUT2D eigenvalue weighted by atomic mass is 10.1. The number of carboxylic acid groups (broad SMARTS) is 2. The highest BCUT2D eigenvalue weighted by Gasteiger charge is 2.23. The van der Waals surface area contributed by atoms with Crippen molar-refractivity contribution in [3.05, 3.63) is 41.1 Å². The molecule has 8 heteroatoms. The lowest BCUT2D eigenvalue weighted by Crippen LogP contribution is -1.99. The number of benzene rings is 1. The Morgan fingerprint density at radius 3 is 2.48 bits per heavy atom. The predicted octanol–water partition coefficient (Wildman–Crippen LogP) is 2.17. The van der Waals surface area contributed by atoms with E-state index < -0.39 is 11.9 Å². The summed E-state index contributed by atoms with van der Waals surface area (Å²) in [5.41, 5.74) is 1.03. The van der Waals surface area contributed by atoms with Crippen molar-refractivity contribution in [2.45, 2.75) is 0 Å². The molecule has 2 rings (SSSR count). The number of rotatable bonds is 4. The van der Waals surface area contributed by atoms with E-state index in [0.29, 0.717) is 9.94 Å². The van der Waals surface area contributed by atoms with Gasteiger partial charge in [-0.05, 0) is 35.5 Å². The maximum absolute atomic E-state index is 11.7. The third-order valence-corrected chi connectivity index (χ3v) is 4.37. The van der Waals surface area contributed by atoms with E-state index in [2.05, 4.69) is 4.99 Å². The van der Waals surface area contributed by atoms with Crippen LogP contribution in [0, 0.1) is 0 Å². The molecule has 0 unspecified atom stereocenters.